The minimum absolute atomic E-state index is 0.918. The third-order valence-electron chi connectivity index (χ3n) is 19.7. The number of fused-ring (bicyclic) bond motifs is 16. The zero-order chi connectivity index (χ0) is 61.8. The molecule has 20 aromatic rings. The van der Waals surface area contributed by atoms with E-state index in [1.165, 1.54) is 142 Å². The van der Waals surface area contributed by atoms with E-state index in [4.69, 9.17) is 8.83 Å². The summed E-state index contributed by atoms with van der Waals surface area (Å²) in [5.74, 6) is 0. The van der Waals surface area contributed by atoms with E-state index in [1.54, 1.807) is 0 Å². The van der Waals surface area contributed by atoms with Crippen molar-refractivity contribution in [2.75, 3.05) is 0 Å². The Hall–Kier alpha value is -12.4. The minimum atomic E-state index is 0.918. The molecule has 0 amide bonds. The van der Waals surface area contributed by atoms with E-state index in [0.29, 0.717) is 0 Å². The second kappa shape index (κ2) is 21.7. The summed E-state index contributed by atoms with van der Waals surface area (Å²) in [5.41, 5.74) is 18.6. The summed E-state index contributed by atoms with van der Waals surface area (Å²) in [4.78, 5) is 0. The highest BCUT2D eigenvalue weighted by Crippen LogP contribution is 2.51. The minimum Gasteiger partial charge on any atom is -0.455 e. The van der Waals surface area contributed by atoms with E-state index >= 15 is 0 Å². The summed E-state index contributed by atoms with van der Waals surface area (Å²) in [7, 11) is 0. The molecule has 2 nitrogen and oxygen atoms in total. The second-order valence-electron chi connectivity index (χ2n) is 24.8. The van der Waals surface area contributed by atoms with E-state index in [-0.39, 0.29) is 0 Å². The van der Waals surface area contributed by atoms with Crippen molar-refractivity contribution in [3.63, 3.8) is 0 Å². The monoisotopic (exact) mass is 1190 g/mol. The average molecular weight is 1190 g/mol. The van der Waals surface area contributed by atoms with Crippen molar-refractivity contribution in [3.05, 3.63) is 340 Å². The normalized spacial score (nSPS) is 11.8. The lowest BCUT2D eigenvalue weighted by atomic mass is 9.83. The van der Waals surface area contributed by atoms with Crippen LogP contribution >= 0.6 is 0 Å². The van der Waals surface area contributed by atoms with Crippen LogP contribution in [0.1, 0.15) is 0 Å². The molecule has 0 aliphatic rings. The van der Waals surface area contributed by atoms with Gasteiger partial charge in [0.1, 0.15) is 22.3 Å². The lowest BCUT2D eigenvalue weighted by Gasteiger charge is -2.19. The van der Waals surface area contributed by atoms with Gasteiger partial charge >= 0.3 is 0 Å². The predicted molar refractivity (Wildman–Crippen MR) is 400 cm³/mol. The summed E-state index contributed by atoms with van der Waals surface area (Å²) in [5, 5.41) is 24.3. The van der Waals surface area contributed by atoms with Gasteiger partial charge in [-0.3, -0.25) is 0 Å². The summed E-state index contributed by atoms with van der Waals surface area (Å²) in [6, 6.07) is 123. The van der Waals surface area contributed by atoms with Crippen LogP contribution in [0.25, 0.3) is 197 Å². The molecule has 0 aliphatic heterocycles. The van der Waals surface area contributed by atoms with Crippen LogP contribution in [0, 0.1) is 0 Å². The van der Waals surface area contributed by atoms with Gasteiger partial charge in [0, 0.05) is 32.3 Å². The Labute approximate surface area is 542 Å². The lowest BCUT2D eigenvalue weighted by Crippen LogP contribution is -1.92. The number of para-hydroxylation sites is 2. The van der Waals surface area contributed by atoms with Crippen molar-refractivity contribution in [1.29, 1.82) is 0 Å². The van der Waals surface area contributed by atoms with Crippen molar-refractivity contribution >= 4 is 130 Å². The molecule has 94 heavy (non-hydrogen) atoms. The molecule has 436 valence electrons. The van der Waals surface area contributed by atoms with Gasteiger partial charge in [-0.15, -0.1) is 0 Å². The van der Waals surface area contributed by atoms with E-state index < -0.39 is 0 Å². The smallest absolute Gasteiger partial charge is 0.143 e. The molecule has 20 rings (SSSR count). The standard InChI is InChI=1S/2C46H28O/c1-2-17-32-29(13-1)14-12-25-33(32)30-15-11-16-31(27-30)44-36-20-4-6-22-38(36)45(39-23-7-5-21-37(39)44)41-28-42-35-19-9-10-26-43(35)47-46(42)40-24-8-3-18-34(40)41;1-2-13-30-26-32(25-24-29(30)12-1)31-14-11-15-33(27-31)44-36-18-4-6-20-38(36)45(39-21-7-5-19-37(39)44)41-28-42-35-17-9-10-23-43(35)47-46(42)40-22-8-3-16-34(40)41/h2*1-28H. The van der Waals surface area contributed by atoms with Gasteiger partial charge in [-0.2, -0.15) is 0 Å². The second-order valence-corrected chi connectivity index (χ2v) is 24.8. The molecule has 0 spiro atoms. The van der Waals surface area contributed by atoms with Gasteiger partial charge in [0.05, 0.1) is 0 Å². The first-order chi connectivity index (χ1) is 46.6. The largest absolute Gasteiger partial charge is 0.455 e. The van der Waals surface area contributed by atoms with Crippen LogP contribution in [-0.4, -0.2) is 0 Å². The molecule has 2 heterocycles. The molecule has 0 atom stereocenters. The molecule has 0 unspecified atom stereocenters. The summed E-state index contributed by atoms with van der Waals surface area (Å²) in [6.07, 6.45) is 0. The maximum Gasteiger partial charge on any atom is 0.143 e. The van der Waals surface area contributed by atoms with Crippen molar-refractivity contribution in [2.24, 2.45) is 0 Å². The number of furan rings is 2. The molecule has 0 bridgehead atoms. The van der Waals surface area contributed by atoms with E-state index in [9.17, 15) is 0 Å². The molecular formula is C92H56O2. The van der Waals surface area contributed by atoms with Crippen LogP contribution in [0.2, 0.25) is 0 Å². The van der Waals surface area contributed by atoms with Crippen molar-refractivity contribution in [3.8, 4) is 66.8 Å². The van der Waals surface area contributed by atoms with Gasteiger partial charge in [0.15, 0.2) is 0 Å². The van der Waals surface area contributed by atoms with Gasteiger partial charge < -0.3 is 8.83 Å². The molecule has 2 aromatic heterocycles. The number of benzene rings is 18. The highest BCUT2D eigenvalue weighted by molar-refractivity contribution is 6.29. The molecular weight excluding hydrogens is 1140 g/mol. The average Bonchev–Trinajstić information content (AvgIpc) is 1.08. The molecule has 2 heteroatoms. The zero-order valence-electron chi connectivity index (χ0n) is 51.1. The predicted octanol–water partition coefficient (Wildman–Crippen LogP) is 26.4. The lowest BCUT2D eigenvalue weighted by molar-refractivity contribution is 0.672. The number of rotatable bonds is 6. The van der Waals surface area contributed by atoms with Gasteiger partial charge in [-0.05, 0) is 185 Å². The Bertz CT molecular complexity index is 6370. The summed E-state index contributed by atoms with van der Waals surface area (Å²) >= 11 is 0. The Morgan fingerprint density at radius 2 is 0.479 bits per heavy atom. The van der Waals surface area contributed by atoms with Crippen LogP contribution in [0.5, 0.6) is 0 Å². The molecule has 0 radical (unpaired) electrons. The summed E-state index contributed by atoms with van der Waals surface area (Å²) in [6.45, 7) is 0. The molecule has 0 saturated heterocycles. The highest BCUT2D eigenvalue weighted by Gasteiger charge is 2.24. The third-order valence-corrected chi connectivity index (χ3v) is 19.7. The quantitative estimate of drug-likeness (QED) is 0.155. The van der Waals surface area contributed by atoms with E-state index in [2.05, 4.69) is 328 Å². The van der Waals surface area contributed by atoms with Crippen LogP contribution < -0.4 is 0 Å². The van der Waals surface area contributed by atoms with Crippen molar-refractivity contribution < 1.29 is 8.83 Å². The first-order valence-electron chi connectivity index (χ1n) is 32.4. The molecule has 0 saturated carbocycles. The Balaban J connectivity index is 0.000000133. The fourth-order valence-corrected chi connectivity index (χ4v) is 15.5. The first kappa shape index (κ1) is 53.5. The van der Waals surface area contributed by atoms with E-state index in [1.807, 2.05) is 12.1 Å². The Morgan fingerprint density at radius 3 is 0.968 bits per heavy atom. The highest BCUT2D eigenvalue weighted by atomic mass is 16.3. The van der Waals surface area contributed by atoms with Crippen molar-refractivity contribution in [2.45, 2.75) is 0 Å². The van der Waals surface area contributed by atoms with Crippen LogP contribution in [-0.2, 0) is 0 Å². The van der Waals surface area contributed by atoms with Gasteiger partial charge in [-0.25, -0.2) is 0 Å². The van der Waals surface area contributed by atoms with Crippen LogP contribution in [0.4, 0.5) is 0 Å². The maximum absolute atomic E-state index is 6.48. The molecule has 0 aliphatic carbocycles. The van der Waals surface area contributed by atoms with Crippen LogP contribution in [0.3, 0.4) is 0 Å². The Morgan fingerprint density at radius 1 is 0.149 bits per heavy atom. The fourth-order valence-electron chi connectivity index (χ4n) is 15.5. The molecule has 0 N–H and O–H groups in total. The van der Waals surface area contributed by atoms with Crippen molar-refractivity contribution in [1.82, 2.24) is 0 Å². The fraction of sp³-hybridized carbons (Fsp3) is 0. The van der Waals surface area contributed by atoms with E-state index in [0.717, 1.165) is 54.6 Å². The maximum atomic E-state index is 6.48. The van der Waals surface area contributed by atoms with Gasteiger partial charge in [0.25, 0.3) is 0 Å². The van der Waals surface area contributed by atoms with Gasteiger partial charge in [-0.1, -0.05) is 297 Å². The number of hydrogen-bond acceptors (Lipinski definition) is 2. The topological polar surface area (TPSA) is 26.3 Å². The SMILES string of the molecule is c1cc(-c2ccc3ccccc3c2)cc(-c2c3ccccc3c(-c3cc4c5ccccc5oc4c4ccccc34)c3ccccc23)c1.c1cc(-c2cccc3ccccc23)cc(-c2c3ccccc3c(-c3cc4c5ccccc5oc4c4ccccc34)c3ccccc23)c1. The molecule has 0 fully saturated rings. The number of hydrogen-bond donors (Lipinski definition) is 0. The Kier molecular flexibility index (Phi) is 12.3. The van der Waals surface area contributed by atoms with Crippen LogP contribution in [0.15, 0.2) is 349 Å². The third kappa shape index (κ3) is 8.51. The molecule has 18 aromatic carbocycles. The first-order valence-corrected chi connectivity index (χ1v) is 32.4. The van der Waals surface area contributed by atoms with Gasteiger partial charge in [0.2, 0.25) is 0 Å². The summed E-state index contributed by atoms with van der Waals surface area (Å²) < 4.78 is 13.0. The zero-order valence-corrected chi connectivity index (χ0v) is 51.1.